The lowest BCUT2D eigenvalue weighted by Gasteiger charge is -2.04. The van der Waals surface area contributed by atoms with Crippen LogP contribution in [0.2, 0.25) is 0 Å². The van der Waals surface area contributed by atoms with Gasteiger partial charge in [0.2, 0.25) is 0 Å². The predicted octanol–water partition coefficient (Wildman–Crippen LogP) is 4.53. The quantitative estimate of drug-likeness (QED) is 0.626. The largest absolute Gasteiger partial charge is 0.0911 e. The molecule has 15 heavy (non-hydrogen) atoms. The van der Waals surface area contributed by atoms with Gasteiger partial charge in [-0.25, -0.2) is 0 Å². The van der Waals surface area contributed by atoms with Crippen molar-refractivity contribution < 1.29 is 0 Å². The lowest BCUT2D eigenvalue weighted by atomic mass is 10.0. The molecule has 0 amide bonds. The van der Waals surface area contributed by atoms with Crippen LogP contribution in [0.5, 0.6) is 0 Å². The molecule has 1 aromatic rings. The van der Waals surface area contributed by atoms with E-state index in [1.807, 2.05) is 19.1 Å². The minimum atomic E-state index is 1.06. The second-order valence-corrected chi connectivity index (χ2v) is 3.71. The number of aryl methyl sites for hydroxylation is 1. The molecule has 0 aromatic heterocycles. The third kappa shape index (κ3) is 3.25. The van der Waals surface area contributed by atoms with E-state index in [1.54, 1.807) is 0 Å². The summed E-state index contributed by atoms with van der Waals surface area (Å²) in [5.41, 5.74) is 4.81. The molecule has 0 saturated heterocycles. The molecule has 0 bridgehead atoms. The Labute approximate surface area is 92.6 Å². The van der Waals surface area contributed by atoms with Crippen LogP contribution in [0.3, 0.4) is 0 Å². The van der Waals surface area contributed by atoms with Crippen molar-refractivity contribution in [2.24, 2.45) is 0 Å². The Kier molecular flexibility index (Phi) is 4.11. The third-order valence-electron chi connectivity index (χ3n) is 2.49. The van der Waals surface area contributed by atoms with E-state index < -0.39 is 0 Å². The molecule has 0 unspecified atom stereocenters. The van der Waals surface area contributed by atoms with Crippen LogP contribution in [0.25, 0.3) is 5.57 Å². The minimum absolute atomic E-state index is 1.06. The zero-order chi connectivity index (χ0) is 11.3. The highest BCUT2D eigenvalue weighted by Gasteiger charge is 1.97. The summed E-state index contributed by atoms with van der Waals surface area (Å²) in [5.74, 6) is 0. The lowest BCUT2D eigenvalue weighted by Crippen LogP contribution is -1.84. The van der Waals surface area contributed by atoms with Crippen molar-refractivity contribution in [2.75, 3.05) is 0 Å². The molecule has 0 spiro atoms. The van der Waals surface area contributed by atoms with Gasteiger partial charge in [0.25, 0.3) is 0 Å². The van der Waals surface area contributed by atoms with Crippen LogP contribution in [0.1, 0.15) is 25.0 Å². The number of hydrogen-bond donors (Lipinski definition) is 0. The van der Waals surface area contributed by atoms with E-state index in [1.165, 1.54) is 16.7 Å². The summed E-state index contributed by atoms with van der Waals surface area (Å²) >= 11 is 0. The first-order chi connectivity index (χ1) is 7.15. The molecule has 0 atom stereocenters. The Hall–Kier alpha value is -1.56. The smallest absolute Gasteiger partial charge is 0.0161 e. The fourth-order valence-electron chi connectivity index (χ4n) is 1.35. The molecular formula is C15H18. The van der Waals surface area contributed by atoms with Gasteiger partial charge in [0.1, 0.15) is 0 Å². The standard InChI is InChI=1S/C15H18/c1-5-12(2)10-11-14(4)15-9-7-6-8-13(15)3/h5-11H,4H2,1-3H3/b11-10-,12-5-. The Balaban J connectivity index is 2.87. The second-order valence-electron chi connectivity index (χ2n) is 3.71. The number of allylic oxidation sites excluding steroid dienone is 5. The van der Waals surface area contributed by atoms with Crippen LogP contribution in [-0.4, -0.2) is 0 Å². The summed E-state index contributed by atoms with van der Waals surface area (Å²) in [6.45, 7) is 10.3. The molecule has 0 radical (unpaired) electrons. The van der Waals surface area contributed by atoms with Gasteiger partial charge < -0.3 is 0 Å². The Bertz CT molecular complexity index is 406. The van der Waals surface area contributed by atoms with Crippen LogP contribution in [0.15, 0.2) is 54.6 Å². The van der Waals surface area contributed by atoms with Crippen LogP contribution in [-0.2, 0) is 0 Å². The van der Waals surface area contributed by atoms with Crippen molar-refractivity contribution in [1.29, 1.82) is 0 Å². The zero-order valence-corrected chi connectivity index (χ0v) is 9.75. The van der Waals surface area contributed by atoms with Crippen molar-refractivity contribution in [1.82, 2.24) is 0 Å². The summed E-state index contributed by atoms with van der Waals surface area (Å²) in [7, 11) is 0. The zero-order valence-electron chi connectivity index (χ0n) is 9.75. The maximum atomic E-state index is 4.08. The highest BCUT2D eigenvalue weighted by atomic mass is 14.0. The molecule has 0 heteroatoms. The molecule has 0 fully saturated rings. The molecule has 0 heterocycles. The van der Waals surface area contributed by atoms with Gasteiger partial charge in [-0.3, -0.25) is 0 Å². The molecule has 0 nitrogen and oxygen atoms in total. The topological polar surface area (TPSA) is 0 Å². The van der Waals surface area contributed by atoms with Gasteiger partial charge in [0.15, 0.2) is 0 Å². The minimum Gasteiger partial charge on any atom is -0.0911 e. The summed E-state index contributed by atoms with van der Waals surface area (Å²) in [4.78, 5) is 0. The molecule has 0 aliphatic rings. The molecule has 1 aromatic carbocycles. The van der Waals surface area contributed by atoms with Crippen LogP contribution in [0, 0.1) is 6.92 Å². The molecule has 0 saturated carbocycles. The normalized spacial score (nSPS) is 12.1. The van der Waals surface area contributed by atoms with Crippen molar-refractivity contribution in [3.05, 3.63) is 65.8 Å². The van der Waals surface area contributed by atoms with Crippen LogP contribution < -0.4 is 0 Å². The molecular weight excluding hydrogens is 180 g/mol. The van der Waals surface area contributed by atoms with E-state index in [-0.39, 0.29) is 0 Å². The number of benzene rings is 1. The van der Waals surface area contributed by atoms with Gasteiger partial charge in [-0.15, -0.1) is 0 Å². The summed E-state index contributed by atoms with van der Waals surface area (Å²) in [6.07, 6.45) is 6.24. The molecule has 0 N–H and O–H groups in total. The highest BCUT2D eigenvalue weighted by molar-refractivity contribution is 5.74. The summed E-state index contributed by atoms with van der Waals surface area (Å²) < 4.78 is 0. The average molecular weight is 198 g/mol. The first kappa shape index (κ1) is 11.5. The van der Waals surface area contributed by atoms with Gasteiger partial charge >= 0.3 is 0 Å². The van der Waals surface area contributed by atoms with Crippen molar-refractivity contribution in [2.45, 2.75) is 20.8 Å². The molecule has 0 aliphatic carbocycles. The summed E-state index contributed by atoms with van der Waals surface area (Å²) in [5, 5.41) is 0. The SMILES string of the molecule is C=C(/C=C\C(C)=C/C)c1ccccc1C. The highest BCUT2D eigenvalue weighted by Crippen LogP contribution is 2.18. The first-order valence-corrected chi connectivity index (χ1v) is 5.21. The van der Waals surface area contributed by atoms with Gasteiger partial charge in [-0.1, -0.05) is 54.6 Å². The van der Waals surface area contributed by atoms with Crippen molar-refractivity contribution in [3.63, 3.8) is 0 Å². The monoisotopic (exact) mass is 198 g/mol. The maximum Gasteiger partial charge on any atom is -0.0161 e. The van der Waals surface area contributed by atoms with Crippen LogP contribution >= 0.6 is 0 Å². The molecule has 78 valence electrons. The number of rotatable bonds is 3. The second kappa shape index (κ2) is 5.35. The maximum absolute atomic E-state index is 4.08. The Morgan fingerprint density at radius 2 is 1.87 bits per heavy atom. The third-order valence-corrected chi connectivity index (χ3v) is 2.49. The van der Waals surface area contributed by atoms with E-state index in [0.717, 1.165) is 5.57 Å². The van der Waals surface area contributed by atoms with Crippen LogP contribution in [0.4, 0.5) is 0 Å². The van der Waals surface area contributed by atoms with Gasteiger partial charge in [0, 0.05) is 0 Å². The first-order valence-electron chi connectivity index (χ1n) is 5.21. The van der Waals surface area contributed by atoms with Gasteiger partial charge in [0.05, 0.1) is 0 Å². The van der Waals surface area contributed by atoms with E-state index in [4.69, 9.17) is 0 Å². The molecule has 1 rings (SSSR count). The Morgan fingerprint density at radius 3 is 2.47 bits per heavy atom. The van der Waals surface area contributed by atoms with Gasteiger partial charge in [-0.05, 0) is 37.5 Å². The Morgan fingerprint density at radius 1 is 1.20 bits per heavy atom. The summed E-state index contributed by atoms with van der Waals surface area (Å²) in [6, 6.07) is 8.31. The van der Waals surface area contributed by atoms with E-state index in [9.17, 15) is 0 Å². The molecule has 0 aliphatic heterocycles. The van der Waals surface area contributed by atoms with E-state index in [0.29, 0.717) is 0 Å². The number of hydrogen-bond acceptors (Lipinski definition) is 0. The van der Waals surface area contributed by atoms with Crippen molar-refractivity contribution >= 4 is 5.57 Å². The van der Waals surface area contributed by atoms with E-state index in [2.05, 4.69) is 50.8 Å². The fourth-order valence-corrected chi connectivity index (χ4v) is 1.35. The van der Waals surface area contributed by atoms with E-state index >= 15 is 0 Å². The predicted molar refractivity (Wildman–Crippen MR) is 68.8 cm³/mol. The van der Waals surface area contributed by atoms with Crippen molar-refractivity contribution in [3.8, 4) is 0 Å². The fraction of sp³-hybridized carbons (Fsp3) is 0.200. The van der Waals surface area contributed by atoms with Gasteiger partial charge in [-0.2, -0.15) is 0 Å². The average Bonchev–Trinajstić information content (AvgIpc) is 2.26. The lowest BCUT2D eigenvalue weighted by molar-refractivity contribution is 1.42.